The zero-order valence-corrected chi connectivity index (χ0v) is 20.0. The summed E-state index contributed by atoms with van der Waals surface area (Å²) in [6.07, 6.45) is 19.5. The molecule has 0 aromatic heterocycles. The highest BCUT2D eigenvalue weighted by Gasteiger charge is 2.12. The van der Waals surface area contributed by atoms with E-state index < -0.39 is 31.4 Å². The Balaban J connectivity index is 4.04. The van der Waals surface area contributed by atoms with Crippen LogP contribution < -0.4 is 5.73 Å². The van der Waals surface area contributed by atoms with E-state index in [9.17, 15) is 9.59 Å². The minimum atomic E-state index is -2.70. The molecule has 31 heavy (non-hydrogen) atoms. The van der Waals surface area contributed by atoms with Crippen LogP contribution in [0, 0.1) is 0 Å². The molecule has 0 saturated heterocycles. The van der Waals surface area contributed by atoms with Crippen LogP contribution in [-0.2, 0) is 14.3 Å². The second-order valence-corrected chi connectivity index (χ2v) is 8.32. The third-order valence-corrected chi connectivity index (χ3v) is 4.82. The van der Waals surface area contributed by atoms with E-state index in [4.69, 9.17) is 14.6 Å². The van der Waals surface area contributed by atoms with E-state index >= 15 is 0 Å². The summed E-state index contributed by atoms with van der Waals surface area (Å²) in [7, 11) is 0. The van der Waals surface area contributed by atoms with Crippen molar-refractivity contribution in [2.75, 3.05) is 13.5 Å². The first-order valence-corrected chi connectivity index (χ1v) is 12.1. The second-order valence-electron chi connectivity index (χ2n) is 8.32. The van der Waals surface area contributed by atoms with Gasteiger partial charge in [0.05, 0.1) is 6.10 Å². The smallest absolute Gasteiger partial charge is 0.325 e. The lowest BCUT2D eigenvalue weighted by molar-refractivity contribution is -0.147. The van der Waals surface area contributed by atoms with Crippen LogP contribution >= 0.6 is 0 Å². The summed E-state index contributed by atoms with van der Waals surface area (Å²) < 4.78 is 27.6. The monoisotopic (exact) mass is 440 g/mol. The molecule has 6 nitrogen and oxygen atoms in total. The fourth-order valence-electron chi connectivity index (χ4n) is 3.10. The maximum Gasteiger partial charge on any atom is 0.325 e. The summed E-state index contributed by atoms with van der Waals surface area (Å²) in [4.78, 5) is 28.2. The van der Waals surface area contributed by atoms with Gasteiger partial charge in [-0.3, -0.25) is 9.59 Å². The fraction of sp³-hybridized carbons (Fsp3) is 0.800. The molecule has 0 aromatic rings. The number of unbranched alkanes of at least 4 members (excludes halogenated alkanes) is 11. The van der Waals surface area contributed by atoms with Gasteiger partial charge in [-0.1, -0.05) is 70.4 Å². The molecule has 0 unspecified atom stereocenters. The molecule has 0 aliphatic carbocycles. The van der Waals surface area contributed by atoms with Crippen LogP contribution in [0.15, 0.2) is 17.1 Å². The number of nitrogens with two attached hydrogens (primary N) is 1. The van der Waals surface area contributed by atoms with Gasteiger partial charge in [-0.15, -0.1) is 0 Å². The summed E-state index contributed by atoms with van der Waals surface area (Å²) in [6.45, 7) is 2.26. The van der Waals surface area contributed by atoms with Crippen LogP contribution in [0.4, 0.5) is 0 Å². The van der Waals surface area contributed by atoms with Crippen molar-refractivity contribution in [3.8, 4) is 0 Å². The average molecular weight is 441 g/mol. The van der Waals surface area contributed by atoms with Crippen molar-refractivity contribution in [2.24, 2.45) is 10.7 Å². The standard InChI is InChI=1S/C25H47N3O3/c1-5-6-7-8-9-10-11-12-13-14-15-16-17-18-19-20-23(29)27-25(26)28(4)21-24(30)31-22(2)3/h12-13,22H,5-11,14-21H2,1-4H3,(H2,26,27,29)/b13-12-/i4D3. The predicted molar refractivity (Wildman–Crippen MR) is 130 cm³/mol. The summed E-state index contributed by atoms with van der Waals surface area (Å²) in [5.41, 5.74) is 5.72. The Morgan fingerprint density at radius 3 is 2.06 bits per heavy atom. The summed E-state index contributed by atoms with van der Waals surface area (Å²) in [6, 6.07) is 0. The van der Waals surface area contributed by atoms with E-state index in [1.54, 1.807) is 13.8 Å². The normalized spacial score (nSPS) is 13.8. The molecular formula is C25H47N3O3. The van der Waals surface area contributed by atoms with Gasteiger partial charge in [-0.2, -0.15) is 4.99 Å². The molecule has 0 atom stereocenters. The Bertz CT molecular complexity index is 620. The van der Waals surface area contributed by atoms with Crippen molar-refractivity contribution in [1.29, 1.82) is 0 Å². The summed E-state index contributed by atoms with van der Waals surface area (Å²) in [5, 5.41) is 0. The molecule has 0 radical (unpaired) electrons. The SMILES string of the molecule is [2H]C([2H])([2H])N(CC(=O)OC(C)C)C(N)=NC(=O)CCCCCCC/C=C\CCCCCCCC. The number of nitrogens with zero attached hydrogens (tertiary/aromatic N) is 2. The van der Waals surface area contributed by atoms with E-state index in [0.29, 0.717) is 11.3 Å². The number of ether oxygens (including phenoxy) is 1. The molecular weight excluding hydrogens is 390 g/mol. The molecule has 0 rings (SSSR count). The van der Waals surface area contributed by atoms with E-state index in [1.807, 2.05) is 0 Å². The lowest BCUT2D eigenvalue weighted by Gasteiger charge is -2.17. The summed E-state index contributed by atoms with van der Waals surface area (Å²) in [5.74, 6) is -1.71. The number of hydrogen-bond acceptors (Lipinski definition) is 3. The molecule has 0 spiro atoms. The van der Waals surface area contributed by atoms with Gasteiger partial charge in [0.25, 0.3) is 0 Å². The van der Waals surface area contributed by atoms with Crippen LogP contribution in [0.1, 0.15) is 115 Å². The quantitative estimate of drug-likeness (QED) is 0.0964. The highest BCUT2D eigenvalue weighted by molar-refractivity contribution is 5.93. The first kappa shape index (κ1) is 23.8. The Kier molecular flexibility index (Phi) is 15.4. The molecule has 6 heteroatoms. The maximum absolute atomic E-state index is 12.1. The van der Waals surface area contributed by atoms with Gasteiger partial charge in [0.15, 0.2) is 5.96 Å². The van der Waals surface area contributed by atoms with E-state index in [2.05, 4.69) is 24.1 Å². The van der Waals surface area contributed by atoms with Gasteiger partial charge in [0.2, 0.25) is 5.91 Å². The topological polar surface area (TPSA) is 85.0 Å². The molecule has 0 aliphatic heterocycles. The predicted octanol–water partition coefficient (Wildman–Crippen LogP) is 5.75. The number of likely N-dealkylation sites (N-methyl/N-ethyl adjacent to an activating group) is 1. The van der Waals surface area contributed by atoms with Gasteiger partial charge in [-0.25, -0.2) is 0 Å². The third-order valence-electron chi connectivity index (χ3n) is 4.82. The Hall–Kier alpha value is -1.85. The number of aliphatic imine (C=N–C) groups is 1. The highest BCUT2D eigenvalue weighted by Crippen LogP contribution is 2.10. The van der Waals surface area contributed by atoms with E-state index in [1.165, 1.54) is 44.9 Å². The van der Waals surface area contributed by atoms with Crippen LogP contribution in [0.3, 0.4) is 0 Å². The number of esters is 1. The second kappa shape index (κ2) is 20.1. The minimum absolute atomic E-state index is 0.199. The van der Waals surface area contributed by atoms with Crippen LogP contribution in [0.2, 0.25) is 0 Å². The molecule has 0 heterocycles. The number of amides is 1. The minimum Gasteiger partial charge on any atom is -0.462 e. The molecule has 0 aromatic carbocycles. The van der Waals surface area contributed by atoms with Gasteiger partial charge < -0.3 is 15.4 Å². The van der Waals surface area contributed by atoms with Crippen molar-refractivity contribution in [1.82, 2.24) is 4.90 Å². The summed E-state index contributed by atoms with van der Waals surface area (Å²) >= 11 is 0. The van der Waals surface area contributed by atoms with Gasteiger partial charge >= 0.3 is 5.97 Å². The first-order chi connectivity index (χ1) is 16.1. The number of hydrogen-bond donors (Lipinski definition) is 1. The molecule has 0 saturated carbocycles. The zero-order valence-electron chi connectivity index (χ0n) is 23.0. The van der Waals surface area contributed by atoms with E-state index in [-0.39, 0.29) is 12.5 Å². The molecule has 1 amide bonds. The van der Waals surface area contributed by atoms with Crippen LogP contribution in [-0.4, -0.2) is 42.4 Å². The number of guanidine groups is 1. The Morgan fingerprint density at radius 1 is 0.968 bits per heavy atom. The van der Waals surface area contributed by atoms with Crippen LogP contribution in [0.5, 0.6) is 0 Å². The van der Waals surface area contributed by atoms with Crippen molar-refractivity contribution >= 4 is 17.8 Å². The number of allylic oxidation sites excluding steroid dienone is 2. The molecule has 2 N–H and O–H groups in total. The zero-order chi connectivity index (χ0) is 25.8. The largest absolute Gasteiger partial charge is 0.462 e. The van der Waals surface area contributed by atoms with Gasteiger partial charge in [-0.05, 0) is 46.0 Å². The first-order valence-electron chi connectivity index (χ1n) is 13.6. The van der Waals surface area contributed by atoms with Crippen LogP contribution in [0.25, 0.3) is 0 Å². The lowest BCUT2D eigenvalue weighted by Crippen LogP contribution is -2.39. The highest BCUT2D eigenvalue weighted by atomic mass is 16.5. The molecule has 0 bridgehead atoms. The van der Waals surface area contributed by atoms with Gasteiger partial charge in [0, 0.05) is 17.5 Å². The fourth-order valence-corrected chi connectivity index (χ4v) is 3.10. The number of carbonyl (C=O) groups is 2. The third kappa shape index (κ3) is 19.8. The number of rotatable bonds is 18. The van der Waals surface area contributed by atoms with E-state index in [0.717, 1.165) is 32.1 Å². The van der Waals surface area contributed by atoms with Gasteiger partial charge in [0.1, 0.15) is 6.54 Å². The molecule has 0 aliphatic rings. The average Bonchev–Trinajstić information content (AvgIpc) is 2.73. The lowest BCUT2D eigenvalue weighted by atomic mass is 10.1. The van der Waals surface area contributed by atoms with Crippen molar-refractivity contribution in [2.45, 2.75) is 117 Å². The Morgan fingerprint density at radius 2 is 1.52 bits per heavy atom. The van der Waals surface area contributed by atoms with Crippen molar-refractivity contribution in [3.63, 3.8) is 0 Å². The molecule has 180 valence electrons. The Labute approximate surface area is 194 Å². The van der Waals surface area contributed by atoms with Crippen molar-refractivity contribution < 1.29 is 18.4 Å². The molecule has 0 fully saturated rings. The maximum atomic E-state index is 12.1. The number of carbonyl (C=O) groups excluding carboxylic acids is 2. The van der Waals surface area contributed by atoms with Crippen molar-refractivity contribution in [3.05, 3.63) is 12.2 Å².